The average Bonchev–Trinajstić information content (AvgIpc) is 2.74. The molecule has 1 aliphatic heterocycles. The Morgan fingerprint density at radius 2 is 2.57 bits per heavy atom. The summed E-state index contributed by atoms with van der Waals surface area (Å²) in [7, 11) is 1.37. The van der Waals surface area contributed by atoms with Gasteiger partial charge in [-0.3, -0.25) is 4.84 Å². The molecule has 1 fully saturated rings. The van der Waals surface area contributed by atoms with Gasteiger partial charge in [-0.2, -0.15) is 9.44 Å². The number of nitrogens with zero attached hydrogens (tertiary/aromatic N) is 4. The Bertz CT molecular complexity index is 330. The number of anilines is 1. The number of hydrogen-bond acceptors (Lipinski definition) is 6. The molecule has 0 spiro atoms. The van der Waals surface area contributed by atoms with Crippen molar-refractivity contribution in [2.45, 2.75) is 6.23 Å². The van der Waals surface area contributed by atoms with Crippen molar-refractivity contribution in [3.8, 4) is 0 Å². The van der Waals surface area contributed by atoms with Crippen molar-refractivity contribution in [3.63, 3.8) is 0 Å². The summed E-state index contributed by atoms with van der Waals surface area (Å²) in [5.74, 6) is 0. The lowest BCUT2D eigenvalue weighted by atomic mass is 10.6. The van der Waals surface area contributed by atoms with Crippen LogP contribution in [0.2, 0.25) is 0 Å². The zero-order chi connectivity index (χ0) is 10.1. The standard InChI is InChI=1S/C6H8N4O3S/c1-13-9-2-4(11)10(6(9)12)5-7-3-8-14-5/h3-4,11H,2H2,1H3. The maximum atomic E-state index is 11.6. The number of rotatable bonds is 2. The van der Waals surface area contributed by atoms with Crippen molar-refractivity contribution in [3.05, 3.63) is 6.33 Å². The van der Waals surface area contributed by atoms with Crippen molar-refractivity contribution in [1.29, 1.82) is 0 Å². The van der Waals surface area contributed by atoms with Gasteiger partial charge in [0.1, 0.15) is 6.33 Å². The zero-order valence-corrected chi connectivity index (χ0v) is 8.14. The summed E-state index contributed by atoms with van der Waals surface area (Å²) in [6.45, 7) is 0.106. The summed E-state index contributed by atoms with van der Waals surface area (Å²) in [6.07, 6.45) is 0.394. The molecule has 1 aromatic rings. The lowest BCUT2D eigenvalue weighted by Gasteiger charge is -2.14. The van der Waals surface area contributed by atoms with Crippen molar-refractivity contribution in [2.75, 3.05) is 18.6 Å². The first-order valence-electron chi connectivity index (χ1n) is 3.83. The van der Waals surface area contributed by atoms with Crippen LogP contribution in [0.25, 0.3) is 0 Å². The van der Waals surface area contributed by atoms with Crippen LogP contribution in [0.5, 0.6) is 0 Å². The second-order valence-corrected chi connectivity index (χ2v) is 3.36. The van der Waals surface area contributed by atoms with E-state index in [4.69, 9.17) is 4.84 Å². The third kappa shape index (κ3) is 1.33. The van der Waals surface area contributed by atoms with Crippen molar-refractivity contribution >= 4 is 22.7 Å². The second kappa shape index (κ2) is 3.48. The summed E-state index contributed by atoms with van der Waals surface area (Å²) in [5, 5.41) is 11.0. The maximum Gasteiger partial charge on any atom is 0.352 e. The van der Waals surface area contributed by atoms with Crippen LogP contribution in [0.4, 0.5) is 9.93 Å². The predicted octanol–water partition coefficient (Wildman–Crippen LogP) is -0.340. The fourth-order valence-electron chi connectivity index (χ4n) is 1.19. The van der Waals surface area contributed by atoms with Gasteiger partial charge >= 0.3 is 6.03 Å². The molecule has 1 aromatic heterocycles. The Hall–Kier alpha value is -1.25. The minimum atomic E-state index is -0.935. The molecule has 0 aromatic carbocycles. The van der Waals surface area contributed by atoms with Gasteiger partial charge in [-0.25, -0.2) is 14.7 Å². The van der Waals surface area contributed by atoms with E-state index in [0.717, 1.165) is 21.5 Å². The summed E-state index contributed by atoms with van der Waals surface area (Å²) >= 11 is 1.04. The highest BCUT2D eigenvalue weighted by Gasteiger charge is 2.39. The number of hydroxylamine groups is 2. The second-order valence-electron chi connectivity index (χ2n) is 2.60. The molecule has 1 saturated heterocycles. The third-order valence-electron chi connectivity index (χ3n) is 1.82. The largest absolute Gasteiger partial charge is 0.371 e. The minimum Gasteiger partial charge on any atom is -0.371 e. The van der Waals surface area contributed by atoms with Gasteiger partial charge in [0.05, 0.1) is 13.7 Å². The molecule has 1 aliphatic rings. The third-order valence-corrected chi connectivity index (χ3v) is 2.49. The molecule has 0 bridgehead atoms. The van der Waals surface area contributed by atoms with Crippen LogP contribution < -0.4 is 4.90 Å². The van der Waals surface area contributed by atoms with Gasteiger partial charge in [0.25, 0.3) is 0 Å². The molecule has 76 valence electrons. The Kier molecular flexibility index (Phi) is 2.32. The van der Waals surface area contributed by atoms with E-state index in [0.29, 0.717) is 5.13 Å². The Morgan fingerprint density at radius 1 is 1.79 bits per heavy atom. The van der Waals surface area contributed by atoms with Crippen LogP contribution in [-0.4, -0.2) is 45.4 Å². The molecule has 2 heterocycles. The molecule has 0 saturated carbocycles. The SMILES string of the molecule is CON1CC(O)N(c2ncns2)C1=O. The van der Waals surface area contributed by atoms with Crippen molar-refractivity contribution in [1.82, 2.24) is 14.4 Å². The van der Waals surface area contributed by atoms with E-state index in [9.17, 15) is 9.90 Å². The number of urea groups is 1. The zero-order valence-electron chi connectivity index (χ0n) is 7.32. The monoisotopic (exact) mass is 216 g/mol. The van der Waals surface area contributed by atoms with E-state index in [2.05, 4.69) is 9.36 Å². The quantitative estimate of drug-likeness (QED) is 0.731. The summed E-state index contributed by atoms with van der Waals surface area (Å²) < 4.78 is 3.75. The summed E-state index contributed by atoms with van der Waals surface area (Å²) in [4.78, 5) is 21.3. The van der Waals surface area contributed by atoms with Gasteiger partial charge in [-0.1, -0.05) is 0 Å². The molecular formula is C6H8N4O3S. The molecule has 7 nitrogen and oxygen atoms in total. The number of aliphatic hydroxyl groups excluding tert-OH is 1. The fourth-order valence-corrected chi connectivity index (χ4v) is 1.76. The van der Waals surface area contributed by atoms with Gasteiger partial charge in [-0.05, 0) is 0 Å². The molecule has 0 radical (unpaired) electrons. The highest BCUT2D eigenvalue weighted by Crippen LogP contribution is 2.23. The number of amides is 2. The highest BCUT2D eigenvalue weighted by atomic mass is 32.1. The number of aromatic nitrogens is 2. The van der Waals surface area contributed by atoms with Crippen LogP contribution >= 0.6 is 11.5 Å². The lowest BCUT2D eigenvalue weighted by Crippen LogP contribution is -2.34. The molecule has 0 aliphatic carbocycles. The van der Waals surface area contributed by atoms with E-state index in [1.807, 2.05) is 0 Å². The van der Waals surface area contributed by atoms with E-state index in [1.165, 1.54) is 13.4 Å². The molecule has 8 heteroatoms. The van der Waals surface area contributed by atoms with Gasteiger partial charge in [-0.15, -0.1) is 0 Å². The molecule has 14 heavy (non-hydrogen) atoms. The fraction of sp³-hybridized carbons (Fsp3) is 0.500. The number of hydrogen-bond donors (Lipinski definition) is 1. The van der Waals surface area contributed by atoms with Gasteiger partial charge in [0.2, 0.25) is 5.13 Å². The lowest BCUT2D eigenvalue weighted by molar-refractivity contribution is -0.0813. The van der Waals surface area contributed by atoms with Crippen molar-refractivity contribution < 1.29 is 14.7 Å². The number of β-amino-alcohol motifs (C(OH)–C–C–N with tert-alkyl or cyclic N) is 1. The van der Waals surface area contributed by atoms with Gasteiger partial charge in [0, 0.05) is 11.5 Å². The smallest absolute Gasteiger partial charge is 0.352 e. The van der Waals surface area contributed by atoms with Crippen LogP contribution in [0.15, 0.2) is 6.33 Å². The first-order chi connectivity index (χ1) is 6.74. The molecule has 1 N–H and O–H groups in total. The Balaban J connectivity index is 2.24. The van der Waals surface area contributed by atoms with Crippen LogP contribution in [-0.2, 0) is 4.84 Å². The molecule has 1 unspecified atom stereocenters. The maximum absolute atomic E-state index is 11.6. The van der Waals surface area contributed by atoms with E-state index >= 15 is 0 Å². The van der Waals surface area contributed by atoms with E-state index in [1.54, 1.807) is 0 Å². The van der Waals surface area contributed by atoms with E-state index < -0.39 is 12.3 Å². The number of aliphatic hydroxyl groups is 1. The minimum absolute atomic E-state index is 0.106. The summed E-state index contributed by atoms with van der Waals surface area (Å²) in [5.41, 5.74) is 0. The molecule has 2 rings (SSSR count). The highest BCUT2D eigenvalue weighted by molar-refractivity contribution is 7.09. The van der Waals surface area contributed by atoms with Crippen molar-refractivity contribution in [2.24, 2.45) is 0 Å². The Morgan fingerprint density at radius 3 is 3.07 bits per heavy atom. The van der Waals surface area contributed by atoms with Crippen LogP contribution in [0, 0.1) is 0 Å². The topological polar surface area (TPSA) is 78.8 Å². The van der Waals surface area contributed by atoms with Crippen LogP contribution in [0.1, 0.15) is 0 Å². The predicted molar refractivity (Wildman–Crippen MR) is 47.5 cm³/mol. The van der Waals surface area contributed by atoms with Gasteiger partial charge in [0.15, 0.2) is 6.23 Å². The number of carbonyl (C=O) groups excluding carboxylic acids is 1. The normalized spacial score (nSPS) is 22.1. The molecular weight excluding hydrogens is 208 g/mol. The van der Waals surface area contributed by atoms with E-state index in [-0.39, 0.29) is 6.54 Å². The molecule has 1 atom stereocenters. The summed E-state index contributed by atoms with van der Waals surface area (Å²) in [6, 6.07) is -0.434. The van der Waals surface area contributed by atoms with Crippen LogP contribution in [0.3, 0.4) is 0 Å². The van der Waals surface area contributed by atoms with Gasteiger partial charge < -0.3 is 5.11 Å². The average molecular weight is 216 g/mol. The first-order valence-corrected chi connectivity index (χ1v) is 4.61. The first kappa shape index (κ1) is 9.31. The Labute approximate surface area is 83.6 Å². The molecule has 2 amide bonds. The number of carbonyl (C=O) groups is 1.